The summed E-state index contributed by atoms with van der Waals surface area (Å²) in [6.45, 7) is 2.37. The summed E-state index contributed by atoms with van der Waals surface area (Å²) in [5.74, 6) is 0.653. The molecule has 1 aromatic heterocycles. The quantitative estimate of drug-likeness (QED) is 0.667. The summed E-state index contributed by atoms with van der Waals surface area (Å²) in [6, 6.07) is 2.97. The second kappa shape index (κ2) is 8.55. The van der Waals surface area contributed by atoms with Crippen LogP contribution < -0.4 is 10.6 Å². The van der Waals surface area contributed by atoms with E-state index in [4.69, 9.17) is 14.3 Å². The van der Waals surface area contributed by atoms with Crippen LogP contribution in [0.15, 0.2) is 22.8 Å². The molecule has 0 spiro atoms. The minimum Gasteiger partial charge on any atom is -0.467 e. The van der Waals surface area contributed by atoms with Crippen LogP contribution >= 0.6 is 0 Å². The molecule has 0 aromatic carbocycles. The highest BCUT2D eigenvalue weighted by molar-refractivity contribution is 5.74. The van der Waals surface area contributed by atoms with Gasteiger partial charge in [-0.25, -0.2) is 4.79 Å². The number of methoxy groups -OCH3 is 1. The molecular formula is C13H22N2O4. The minimum absolute atomic E-state index is 0.00643. The highest BCUT2D eigenvalue weighted by Crippen LogP contribution is 2.13. The fourth-order valence-electron chi connectivity index (χ4n) is 1.74. The van der Waals surface area contributed by atoms with Crippen LogP contribution in [0.3, 0.4) is 0 Å². The number of hydrogen-bond acceptors (Lipinski definition) is 4. The lowest BCUT2D eigenvalue weighted by atomic mass is 10.2. The molecule has 0 saturated heterocycles. The van der Waals surface area contributed by atoms with Gasteiger partial charge < -0.3 is 24.9 Å². The second-order valence-corrected chi connectivity index (χ2v) is 4.41. The lowest BCUT2D eigenvalue weighted by Crippen LogP contribution is -2.43. The molecule has 1 heterocycles. The van der Waals surface area contributed by atoms with Crippen LogP contribution in [0.4, 0.5) is 4.79 Å². The Hall–Kier alpha value is -1.53. The second-order valence-electron chi connectivity index (χ2n) is 4.41. The van der Waals surface area contributed by atoms with Crippen molar-refractivity contribution >= 4 is 6.03 Å². The van der Waals surface area contributed by atoms with E-state index in [2.05, 4.69) is 10.6 Å². The lowest BCUT2D eigenvalue weighted by molar-refractivity contribution is 0.156. The van der Waals surface area contributed by atoms with Gasteiger partial charge >= 0.3 is 6.03 Å². The summed E-state index contributed by atoms with van der Waals surface area (Å²) in [7, 11) is 1.57. The Balaban J connectivity index is 2.43. The van der Waals surface area contributed by atoms with Gasteiger partial charge in [-0.1, -0.05) is 0 Å². The van der Waals surface area contributed by atoms with Gasteiger partial charge in [-0.2, -0.15) is 0 Å². The highest BCUT2D eigenvalue weighted by atomic mass is 16.5. The Morgan fingerprint density at radius 2 is 2.32 bits per heavy atom. The van der Waals surface area contributed by atoms with E-state index in [-0.39, 0.29) is 24.7 Å². The standard InChI is InChI=1S/C13H22N2O4/c1-10(5-3-7-16)14-13(17)15-11(9-18-2)12-6-4-8-19-12/h4,6,8,10-11,16H,3,5,7,9H2,1-2H3,(H2,14,15,17). The number of urea groups is 1. The molecule has 2 atom stereocenters. The topological polar surface area (TPSA) is 83.7 Å². The third kappa shape index (κ3) is 5.76. The van der Waals surface area contributed by atoms with Crippen molar-refractivity contribution in [3.63, 3.8) is 0 Å². The number of nitrogens with one attached hydrogen (secondary N) is 2. The molecule has 2 unspecified atom stereocenters. The molecule has 1 rings (SSSR count). The predicted octanol–water partition coefficient (Wildman–Crippen LogP) is 1.43. The molecule has 2 amide bonds. The van der Waals surface area contributed by atoms with Crippen LogP contribution in [0.25, 0.3) is 0 Å². The number of ether oxygens (including phenoxy) is 1. The predicted molar refractivity (Wildman–Crippen MR) is 70.8 cm³/mol. The van der Waals surface area contributed by atoms with Gasteiger partial charge in [0.1, 0.15) is 11.8 Å². The van der Waals surface area contributed by atoms with E-state index in [1.165, 1.54) is 0 Å². The van der Waals surface area contributed by atoms with E-state index in [1.807, 2.05) is 6.92 Å². The van der Waals surface area contributed by atoms with Gasteiger partial charge in [-0.05, 0) is 31.9 Å². The molecule has 0 fully saturated rings. The summed E-state index contributed by atoms with van der Waals surface area (Å²) in [6.07, 6.45) is 2.96. The number of rotatable bonds is 8. The largest absolute Gasteiger partial charge is 0.467 e. The highest BCUT2D eigenvalue weighted by Gasteiger charge is 2.17. The summed E-state index contributed by atoms with van der Waals surface area (Å²) in [4.78, 5) is 11.8. The normalized spacial score (nSPS) is 13.8. The average molecular weight is 270 g/mol. The molecule has 1 aromatic rings. The van der Waals surface area contributed by atoms with Gasteiger partial charge in [0.2, 0.25) is 0 Å². The number of aliphatic hydroxyl groups excluding tert-OH is 1. The first kappa shape index (κ1) is 15.5. The van der Waals surface area contributed by atoms with Crippen LogP contribution in [0, 0.1) is 0 Å². The molecule has 3 N–H and O–H groups in total. The summed E-state index contributed by atoms with van der Waals surface area (Å²) < 4.78 is 10.3. The van der Waals surface area contributed by atoms with Gasteiger partial charge in [0.25, 0.3) is 0 Å². The molecule has 0 bridgehead atoms. The zero-order valence-corrected chi connectivity index (χ0v) is 11.4. The molecule has 19 heavy (non-hydrogen) atoms. The number of furan rings is 1. The Bertz CT molecular complexity index is 354. The first-order valence-electron chi connectivity index (χ1n) is 6.37. The number of amides is 2. The van der Waals surface area contributed by atoms with Crippen molar-refractivity contribution in [2.24, 2.45) is 0 Å². The number of aliphatic hydroxyl groups is 1. The van der Waals surface area contributed by atoms with E-state index in [0.29, 0.717) is 18.8 Å². The van der Waals surface area contributed by atoms with Gasteiger partial charge in [0.15, 0.2) is 0 Å². The minimum atomic E-state index is -0.315. The van der Waals surface area contributed by atoms with E-state index >= 15 is 0 Å². The van der Waals surface area contributed by atoms with Crippen molar-refractivity contribution in [2.75, 3.05) is 20.3 Å². The fraction of sp³-hybridized carbons (Fsp3) is 0.615. The maximum atomic E-state index is 11.8. The first-order chi connectivity index (χ1) is 9.17. The van der Waals surface area contributed by atoms with E-state index < -0.39 is 0 Å². The molecule has 0 aliphatic carbocycles. The first-order valence-corrected chi connectivity index (χ1v) is 6.37. The average Bonchev–Trinajstić information content (AvgIpc) is 2.89. The molecule has 0 radical (unpaired) electrons. The molecular weight excluding hydrogens is 248 g/mol. The maximum absolute atomic E-state index is 11.8. The molecule has 6 nitrogen and oxygen atoms in total. The fourth-order valence-corrected chi connectivity index (χ4v) is 1.74. The summed E-state index contributed by atoms with van der Waals surface area (Å²) in [5, 5.41) is 14.3. The Morgan fingerprint density at radius 1 is 1.53 bits per heavy atom. The summed E-state index contributed by atoms with van der Waals surface area (Å²) >= 11 is 0. The van der Waals surface area contributed by atoms with E-state index in [0.717, 1.165) is 6.42 Å². The number of carbonyl (C=O) groups is 1. The molecule has 108 valence electrons. The Labute approximate surface area is 113 Å². The lowest BCUT2D eigenvalue weighted by Gasteiger charge is -2.19. The van der Waals surface area contributed by atoms with Gasteiger partial charge in [0.05, 0.1) is 12.9 Å². The van der Waals surface area contributed by atoms with Crippen LogP contribution in [-0.2, 0) is 4.74 Å². The van der Waals surface area contributed by atoms with Crippen LogP contribution in [-0.4, -0.2) is 37.5 Å². The van der Waals surface area contributed by atoms with Crippen molar-refractivity contribution in [2.45, 2.75) is 31.8 Å². The van der Waals surface area contributed by atoms with E-state index in [1.54, 1.807) is 25.5 Å². The monoisotopic (exact) mass is 270 g/mol. The van der Waals surface area contributed by atoms with Crippen LogP contribution in [0.5, 0.6) is 0 Å². The molecule has 0 aliphatic heterocycles. The molecule has 0 saturated carbocycles. The van der Waals surface area contributed by atoms with Crippen molar-refractivity contribution in [1.29, 1.82) is 0 Å². The molecule has 6 heteroatoms. The van der Waals surface area contributed by atoms with Crippen molar-refractivity contribution in [3.8, 4) is 0 Å². The van der Waals surface area contributed by atoms with Crippen molar-refractivity contribution in [3.05, 3.63) is 24.2 Å². The van der Waals surface area contributed by atoms with Gasteiger partial charge in [-0.3, -0.25) is 0 Å². The zero-order valence-electron chi connectivity index (χ0n) is 11.4. The summed E-state index contributed by atoms with van der Waals surface area (Å²) in [5.41, 5.74) is 0. The third-order valence-electron chi connectivity index (χ3n) is 2.70. The smallest absolute Gasteiger partial charge is 0.315 e. The SMILES string of the molecule is COCC(NC(=O)NC(C)CCCO)c1ccco1. The number of carbonyl (C=O) groups excluding carboxylic acids is 1. The molecule has 0 aliphatic rings. The van der Waals surface area contributed by atoms with Gasteiger partial charge in [-0.15, -0.1) is 0 Å². The van der Waals surface area contributed by atoms with Crippen LogP contribution in [0.2, 0.25) is 0 Å². The van der Waals surface area contributed by atoms with E-state index in [9.17, 15) is 4.79 Å². The van der Waals surface area contributed by atoms with Gasteiger partial charge in [0, 0.05) is 19.8 Å². The van der Waals surface area contributed by atoms with Crippen molar-refractivity contribution in [1.82, 2.24) is 10.6 Å². The number of hydrogen-bond donors (Lipinski definition) is 3. The third-order valence-corrected chi connectivity index (χ3v) is 2.70. The maximum Gasteiger partial charge on any atom is 0.315 e. The Kier molecular flexibility index (Phi) is 6.99. The Morgan fingerprint density at radius 3 is 2.89 bits per heavy atom. The van der Waals surface area contributed by atoms with Crippen molar-refractivity contribution < 1.29 is 19.1 Å². The van der Waals surface area contributed by atoms with Crippen LogP contribution in [0.1, 0.15) is 31.6 Å². The zero-order chi connectivity index (χ0) is 14.1.